The van der Waals surface area contributed by atoms with Crippen LogP contribution in [0.25, 0.3) is 5.76 Å². The van der Waals surface area contributed by atoms with Crippen molar-refractivity contribution in [2.24, 2.45) is 0 Å². The molecule has 1 unspecified atom stereocenters. The number of carbonyl (C=O) groups excluding carboxylic acids is 2. The fourth-order valence-corrected chi connectivity index (χ4v) is 3.68. The van der Waals surface area contributed by atoms with Gasteiger partial charge in [0.25, 0.3) is 11.7 Å². The van der Waals surface area contributed by atoms with E-state index in [4.69, 9.17) is 14.6 Å². The second kappa shape index (κ2) is 10.00. The summed E-state index contributed by atoms with van der Waals surface area (Å²) in [5.41, 5.74) is 0.933. The molecule has 1 aliphatic rings. The molecule has 1 amide bonds. The Morgan fingerprint density at radius 1 is 1.00 bits per heavy atom. The molecule has 1 atom stereocenters. The summed E-state index contributed by atoms with van der Waals surface area (Å²) in [7, 11) is 1.52. The monoisotopic (exact) mass is 439 g/mol. The van der Waals surface area contributed by atoms with Crippen LogP contribution < -0.4 is 9.47 Å². The number of methoxy groups -OCH3 is 1. The van der Waals surface area contributed by atoms with Crippen LogP contribution in [0.2, 0.25) is 0 Å². The van der Waals surface area contributed by atoms with Gasteiger partial charge in [0.05, 0.1) is 25.3 Å². The van der Waals surface area contributed by atoms with Crippen LogP contribution in [0, 0.1) is 0 Å². The molecule has 0 saturated carbocycles. The van der Waals surface area contributed by atoms with Crippen LogP contribution in [0.4, 0.5) is 0 Å². The lowest BCUT2D eigenvalue weighted by atomic mass is 9.95. The molecule has 3 rings (SSSR count). The average Bonchev–Trinajstić information content (AvgIpc) is 3.04. The zero-order valence-electron chi connectivity index (χ0n) is 17.9. The van der Waals surface area contributed by atoms with E-state index in [-0.39, 0.29) is 30.7 Å². The van der Waals surface area contributed by atoms with Crippen molar-refractivity contribution >= 4 is 23.4 Å². The van der Waals surface area contributed by atoms with Crippen molar-refractivity contribution in [3.63, 3.8) is 0 Å². The van der Waals surface area contributed by atoms with Crippen LogP contribution in [0.3, 0.4) is 0 Å². The van der Waals surface area contributed by atoms with Gasteiger partial charge in [0, 0.05) is 18.5 Å². The van der Waals surface area contributed by atoms with Gasteiger partial charge < -0.3 is 24.6 Å². The number of aliphatic hydroxyl groups excluding tert-OH is 1. The van der Waals surface area contributed by atoms with Crippen LogP contribution in [-0.2, 0) is 14.4 Å². The summed E-state index contributed by atoms with van der Waals surface area (Å²) < 4.78 is 10.6. The van der Waals surface area contributed by atoms with E-state index in [1.807, 2.05) is 6.92 Å². The summed E-state index contributed by atoms with van der Waals surface area (Å²) in [5, 5.41) is 20.0. The standard InChI is InChI=1S/C24H25NO7/c1-3-32-18-12-6-15(7-13-18)21-20(22(28)16-8-10-17(31-2)11-9-16)23(29)24(30)25(21)14-4-5-19(26)27/h6-13,21,28H,3-5,14H2,1-2H3,(H,26,27)/b22-20-. The van der Waals surface area contributed by atoms with Crippen molar-refractivity contribution in [3.8, 4) is 11.5 Å². The molecule has 168 valence electrons. The highest BCUT2D eigenvalue weighted by atomic mass is 16.5. The van der Waals surface area contributed by atoms with Crippen LogP contribution >= 0.6 is 0 Å². The smallest absolute Gasteiger partial charge is 0.303 e. The molecule has 2 aromatic rings. The maximum absolute atomic E-state index is 12.9. The number of benzene rings is 2. The molecule has 0 aromatic heterocycles. The van der Waals surface area contributed by atoms with Crippen molar-refractivity contribution in [3.05, 3.63) is 65.2 Å². The highest BCUT2D eigenvalue weighted by molar-refractivity contribution is 6.46. The topological polar surface area (TPSA) is 113 Å². The summed E-state index contributed by atoms with van der Waals surface area (Å²) >= 11 is 0. The van der Waals surface area contributed by atoms with Gasteiger partial charge in [0.15, 0.2) is 0 Å². The number of nitrogens with zero attached hydrogens (tertiary/aromatic N) is 1. The lowest BCUT2D eigenvalue weighted by Crippen LogP contribution is -2.31. The van der Waals surface area contributed by atoms with E-state index in [0.29, 0.717) is 29.2 Å². The van der Waals surface area contributed by atoms with E-state index in [1.54, 1.807) is 48.5 Å². The van der Waals surface area contributed by atoms with Crippen LogP contribution in [0.15, 0.2) is 54.1 Å². The predicted molar refractivity (Wildman–Crippen MR) is 116 cm³/mol. The van der Waals surface area contributed by atoms with Crippen molar-refractivity contribution in [1.82, 2.24) is 4.90 Å². The molecule has 32 heavy (non-hydrogen) atoms. The van der Waals surface area contributed by atoms with Crippen LogP contribution in [0.5, 0.6) is 11.5 Å². The van der Waals surface area contributed by atoms with Crippen molar-refractivity contribution < 1.29 is 34.1 Å². The molecule has 2 N–H and O–H groups in total. The average molecular weight is 439 g/mol. The van der Waals surface area contributed by atoms with E-state index >= 15 is 0 Å². The Balaban J connectivity index is 2.06. The fraction of sp³-hybridized carbons (Fsp3) is 0.292. The first-order valence-electron chi connectivity index (χ1n) is 10.2. The van der Waals surface area contributed by atoms with Gasteiger partial charge in [-0.05, 0) is 55.3 Å². The SMILES string of the molecule is CCOc1ccc(C2/C(=C(/O)c3ccc(OC)cc3)C(=O)C(=O)N2CCCC(=O)O)cc1. The van der Waals surface area contributed by atoms with Crippen molar-refractivity contribution in [2.45, 2.75) is 25.8 Å². The molecule has 0 radical (unpaired) electrons. The number of ether oxygens (including phenoxy) is 2. The Labute approximate surface area is 185 Å². The number of amides is 1. The third kappa shape index (κ3) is 4.74. The molecule has 0 spiro atoms. The molecule has 1 fully saturated rings. The molecule has 8 heteroatoms. The zero-order valence-corrected chi connectivity index (χ0v) is 17.9. The minimum Gasteiger partial charge on any atom is -0.507 e. The number of carboxylic acid groups (broad SMARTS) is 1. The number of hydrogen-bond donors (Lipinski definition) is 2. The predicted octanol–water partition coefficient (Wildman–Crippen LogP) is 3.38. The number of ketones is 1. The summed E-state index contributed by atoms with van der Waals surface area (Å²) in [6.07, 6.45) is 0.0376. The number of likely N-dealkylation sites (tertiary alicyclic amines) is 1. The van der Waals surface area contributed by atoms with Gasteiger partial charge in [-0.25, -0.2) is 0 Å². The number of hydrogen-bond acceptors (Lipinski definition) is 6. The van der Waals surface area contributed by atoms with Gasteiger partial charge in [-0.1, -0.05) is 12.1 Å². The second-order valence-electron chi connectivity index (χ2n) is 7.22. The van der Waals surface area contributed by atoms with Gasteiger partial charge in [-0.3, -0.25) is 14.4 Å². The molecule has 0 aliphatic carbocycles. The van der Waals surface area contributed by atoms with Crippen molar-refractivity contribution in [2.75, 3.05) is 20.3 Å². The Hall–Kier alpha value is -3.81. The van der Waals surface area contributed by atoms with Gasteiger partial charge in [0.2, 0.25) is 0 Å². The largest absolute Gasteiger partial charge is 0.507 e. The lowest BCUT2D eigenvalue weighted by molar-refractivity contribution is -0.140. The van der Waals surface area contributed by atoms with Gasteiger partial charge in [-0.15, -0.1) is 0 Å². The number of Topliss-reactive ketones (excluding diaryl/α,β-unsaturated/α-hetero) is 1. The lowest BCUT2D eigenvalue weighted by Gasteiger charge is -2.25. The van der Waals surface area contributed by atoms with E-state index in [1.165, 1.54) is 12.0 Å². The van der Waals surface area contributed by atoms with E-state index < -0.39 is 23.7 Å². The van der Waals surface area contributed by atoms with Crippen molar-refractivity contribution in [1.29, 1.82) is 0 Å². The molecule has 0 bridgehead atoms. The van der Waals surface area contributed by atoms with Crippen LogP contribution in [-0.4, -0.2) is 53.0 Å². The quantitative estimate of drug-likeness (QED) is 0.350. The molecule has 8 nitrogen and oxygen atoms in total. The number of aliphatic carboxylic acids is 1. The number of carboxylic acids is 1. The van der Waals surface area contributed by atoms with E-state index in [0.717, 1.165) is 0 Å². The van der Waals surface area contributed by atoms with E-state index in [2.05, 4.69) is 0 Å². The Morgan fingerprint density at radius 3 is 2.19 bits per heavy atom. The maximum atomic E-state index is 12.9. The molecular weight excluding hydrogens is 414 g/mol. The Morgan fingerprint density at radius 2 is 1.62 bits per heavy atom. The van der Waals surface area contributed by atoms with Crippen LogP contribution in [0.1, 0.15) is 36.9 Å². The Kier molecular flexibility index (Phi) is 7.14. The zero-order chi connectivity index (χ0) is 23.3. The highest BCUT2D eigenvalue weighted by Gasteiger charge is 2.45. The summed E-state index contributed by atoms with van der Waals surface area (Å²) in [4.78, 5) is 38.0. The minimum absolute atomic E-state index is 0.0420. The first-order valence-corrected chi connectivity index (χ1v) is 10.2. The third-order valence-corrected chi connectivity index (χ3v) is 5.20. The number of rotatable bonds is 9. The fourth-order valence-electron chi connectivity index (χ4n) is 3.68. The Bertz CT molecular complexity index is 1030. The summed E-state index contributed by atoms with van der Waals surface area (Å²) in [5.74, 6) is -1.66. The molecular formula is C24H25NO7. The minimum atomic E-state index is -0.988. The number of aliphatic hydroxyl groups is 1. The number of carbonyl (C=O) groups is 3. The third-order valence-electron chi connectivity index (χ3n) is 5.20. The molecule has 2 aromatic carbocycles. The molecule has 1 saturated heterocycles. The second-order valence-corrected chi connectivity index (χ2v) is 7.22. The van der Waals surface area contributed by atoms with Gasteiger partial charge in [-0.2, -0.15) is 0 Å². The van der Waals surface area contributed by atoms with Gasteiger partial charge >= 0.3 is 5.97 Å². The normalized spacial score (nSPS) is 17.4. The van der Waals surface area contributed by atoms with Gasteiger partial charge in [0.1, 0.15) is 17.3 Å². The highest BCUT2D eigenvalue weighted by Crippen LogP contribution is 2.40. The van der Waals surface area contributed by atoms with E-state index in [9.17, 15) is 19.5 Å². The summed E-state index contributed by atoms with van der Waals surface area (Å²) in [6, 6.07) is 12.5. The molecule has 1 aliphatic heterocycles. The first-order chi connectivity index (χ1) is 15.4. The molecule has 1 heterocycles. The summed E-state index contributed by atoms with van der Waals surface area (Å²) in [6.45, 7) is 2.42. The first kappa shape index (κ1) is 22.9. The maximum Gasteiger partial charge on any atom is 0.303 e.